The molecule has 1 atom stereocenters. The Bertz CT molecular complexity index is 264. The lowest BCUT2D eigenvalue weighted by Gasteiger charge is -2.13. The summed E-state index contributed by atoms with van der Waals surface area (Å²) in [5.41, 5.74) is 1.53. The van der Waals surface area contributed by atoms with Gasteiger partial charge in [0, 0.05) is 13.2 Å². The SMILES string of the molecule is COCC(C)NC(=O)CNCCC1=CCCC1. The summed E-state index contributed by atoms with van der Waals surface area (Å²) in [5.74, 6) is 0.0370. The van der Waals surface area contributed by atoms with E-state index in [-0.39, 0.29) is 11.9 Å². The van der Waals surface area contributed by atoms with Crippen LogP contribution >= 0.6 is 0 Å². The number of carbonyl (C=O) groups is 1. The van der Waals surface area contributed by atoms with E-state index in [9.17, 15) is 4.79 Å². The molecule has 0 saturated carbocycles. The van der Waals surface area contributed by atoms with Crippen molar-refractivity contribution in [2.45, 2.75) is 38.6 Å². The smallest absolute Gasteiger partial charge is 0.234 e. The van der Waals surface area contributed by atoms with Crippen molar-refractivity contribution in [2.24, 2.45) is 0 Å². The van der Waals surface area contributed by atoms with Crippen LogP contribution in [0.5, 0.6) is 0 Å². The monoisotopic (exact) mass is 240 g/mol. The lowest BCUT2D eigenvalue weighted by Crippen LogP contribution is -2.41. The first-order valence-corrected chi connectivity index (χ1v) is 6.39. The molecule has 4 heteroatoms. The molecule has 0 heterocycles. The van der Waals surface area contributed by atoms with Crippen LogP contribution in [-0.4, -0.2) is 38.8 Å². The highest BCUT2D eigenvalue weighted by atomic mass is 16.5. The topological polar surface area (TPSA) is 50.4 Å². The molecule has 4 nitrogen and oxygen atoms in total. The molecule has 1 rings (SSSR count). The summed E-state index contributed by atoms with van der Waals surface area (Å²) in [6.45, 7) is 3.77. The summed E-state index contributed by atoms with van der Waals surface area (Å²) >= 11 is 0. The molecule has 0 aromatic carbocycles. The molecule has 0 aromatic rings. The zero-order valence-electron chi connectivity index (χ0n) is 10.9. The van der Waals surface area contributed by atoms with E-state index in [2.05, 4.69) is 16.7 Å². The summed E-state index contributed by atoms with van der Waals surface area (Å²) in [4.78, 5) is 11.5. The summed E-state index contributed by atoms with van der Waals surface area (Å²) in [7, 11) is 1.64. The van der Waals surface area contributed by atoms with Crippen LogP contribution in [0.2, 0.25) is 0 Å². The lowest BCUT2D eigenvalue weighted by molar-refractivity contribution is -0.121. The molecular formula is C13H24N2O2. The van der Waals surface area contributed by atoms with Gasteiger partial charge in [0.1, 0.15) is 0 Å². The van der Waals surface area contributed by atoms with Gasteiger partial charge in [-0.3, -0.25) is 4.79 Å². The molecule has 1 aliphatic carbocycles. The average Bonchev–Trinajstić information content (AvgIpc) is 2.77. The molecule has 1 unspecified atom stereocenters. The number of allylic oxidation sites excluding steroid dienone is 1. The number of methoxy groups -OCH3 is 1. The second kappa shape index (κ2) is 8.25. The van der Waals surface area contributed by atoms with Crippen LogP contribution in [0.15, 0.2) is 11.6 Å². The van der Waals surface area contributed by atoms with Crippen molar-refractivity contribution in [1.82, 2.24) is 10.6 Å². The number of carbonyl (C=O) groups excluding carboxylic acids is 1. The molecule has 0 aliphatic heterocycles. The third-order valence-electron chi connectivity index (χ3n) is 2.87. The van der Waals surface area contributed by atoms with E-state index in [1.165, 1.54) is 24.8 Å². The molecular weight excluding hydrogens is 216 g/mol. The fourth-order valence-electron chi connectivity index (χ4n) is 2.03. The zero-order valence-corrected chi connectivity index (χ0v) is 10.9. The van der Waals surface area contributed by atoms with Gasteiger partial charge in [-0.2, -0.15) is 0 Å². The molecule has 0 aromatic heterocycles. The van der Waals surface area contributed by atoms with Gasteiger partial charge in [-0.1, -0.05) is 11.6 Å². The van der Waals surface area contributed by atoms with Crippen LogP contribution in [0.4, 0.5) is 0 Å². The van der Waals surface area contributed by atoms with Gasteiger partial charge >= 0.3 is 0 Å². The van der Waals surface area contributed by atoms with E-state index in [4.69, 9.17) is 4.74 Å². The highest BCUT2D eigenvalue weighted by molar-refractivity contribution is 5.78. The van der Waals surface area contributed by atoms with Gasteiger partial charge in [-0.25, -0.2) is 0 Å². The molecule has 0 fully saturated rings. The summed E-state index contributed by atoms with van der Waals surface area (Å²) in [6.07, 6.45) is 7.15. The van der Waals surface area contributed by atoms with Crippen LogP contribution in [0.25, 0.3) is 0 Å². The van der Waals surface area contributed by atoms with Gasteiger partial charge in [0.2, 0.25) is 5.91 Å². The predicted octanol–water partition coefficient (Wildman–Crippen LogP) is 1.23. The minimum absolute atomic E-state index is 0.0370. The maximum absolute atomic E-state index is 11.5. The molecule has 0 radical (unpaired) electrons. The average molecular weight is 240 g/mol. The van der Waals surface area contributed by atoms with E-state index in [0.717, 1.165) is 13.0 Å². The van der Waals surface area contributed by atoms with Crippen molar-refractivity contribution in [3.8, 4) is 0 Å². The van der Waals surface area contributed by atoms with E-state index in [1.54, 1.807) is 7.11 Å². The van der Waals surface area contributed by atoms with Crippen LogP contribution in [0.1, 0.15) is 32.6 Å². The van der Waals surface area contributed by atoms with Gasteiger partial charge in [-0.15, -0.1) is 0 Å². The van der Waals surface area contributed by atoms with Crippen LogP contribution in [-0.2, 0) is 9.53 Å². The summed E-state index contributed by atoms with van der Waals surface area (Å²) in [6, 6.07) is 0.0758. The van der Waals surface area contributed by atoms with E-state index in [0.29, 0.717) is 13.2 Å². The van der Waals surface area contributed by atoms with E-state index in [1.807, 2.05) is 6.92 Å². The first kappa shape index (κ1) is 14.2. The fourth-order valence-corrected chi connectivity index (χ4v) is 2.03. The van der Waals surface area contributed by atoms with Crippen LogP contribution in [0.3, 0.4) is 0 Å². The van der Waals surface area contributed by atoms with Gasteiger partial charge in [-0.05, 0) is 39.2 Å². The minimum atomic E-state index is 0.0370. The number of hydrogen-bond donors (Lipinski definition) is 2. The second-order valence-electron chi connectivity index (χ2n) is 4.61. The quantitative estimate of drug-likeness (QED) is 0.495. The van der Waals surface area contributed by atoms with Crippen LogP contribution < -0.4 is 10.6 Å². The second-order valence-corrected chi connectivity index (χ2v) is 4.61. The molecule has 0 spiro atoms. The summed E-state index contributed by atoms with van der Waals surface area (Å²) < 4.78 is 4.96. The van der Waals surface area contributed by atoms with Crippen molar-refractivity contribution in [3.05, 3.63) is 11.6 Å². The van der Waals surface area contributed by atoms with E-state index >= 15 is 0 Å². The fraction of sp³-hybridized carbons (Fsp3) is 0.769. The number of rotatable bonds is 8. The van der Waals surface area contributed by atoms with Gasteiger partial charge in [0.05, 0.1) is 13.2 Å². The van der Waals surface area contributed by atoms with Gasteiger partial charge < -0.3 is 15.4 Å². The Balaban J connectivity index is 1.99. The highest BCUT2D eigenvalue weighted by Gasteiger charge is 2.07. The third kappa shape index (κ3) is 6.44. The lowest BCUT2D eigenvalue weighted by atomic mass is 10.2. The first-order chi connectivity index (χ1) is 8.22. The van der Waals surface area contributed by atoms with Gasteiger partial charge in [0.25, 0.3) is 0 Å². The van der Waals surface area contributed by atoms with Crippen molar-refractivity contribution in [2.75, 3.05) is 26.8 Å². The summed E-state index contributed by atoms with van der Waals surface area (Å²) in [5, 5.41) is 6.03. The van der Waals surface area contributed by atoms with E-state index < -0.39 is 0 Å². The van der Waals surface area contributed by atoms with Gasteiger partial charge in [0.15, 0.2) is 0 Å². The zero-order chi connectivity index (χ0) is 12.5. The largest absolute Gasteiger partial charge is 0.383 e. The molecule has 2 N–H and O–H groups in total. The van der Waals surface area contributed by atoms with Crippen molar-refractivity contribution in [3.63, 3.8) is 0 Å². The van der Waals surface area contributed by atoms with Crippen LogP contribution in [0, 0.1) is 0 Å². The molecule has 0 bridgehead atoms. The number of hydrogen-bond acceptors (Lipinski definition) is 3. The number of amides is 1. The standard InChI is InChI=1S/C13H24N2O2/c1-11(10-17-2)15-13(16)9-14-8-7-12-5-3-4-6-12/h5,11,14H,3-4,6-10H2,1-2H3,(H,15,16). The highest BCUT2D eigenvalue weighted by Crippen LogP contribution is 2.19. The Hall–Kier alpha value is -0.870. The third-order valence-corrected chi connectivity index (χ3v) is 2.87. The molecule has 1 aliphatic rings. The molecule has 98 valence electrons. The minimum Gasteiger partial charge on any atom is -0.383 e. The van der Waals surface area contributed by atoms with Crippen molar-refractivity contribution < 1.29 is 9.53 Å². The Morgan fingerprint density at radius 3 is 3.06 bits per heavy atom. The molecule has 17 heavy (non-hydrogen) atoms. The Morgan fingerprint density at radius 2 is 2.41 bits per heavy atom. The Labute approximate surface area is 104 Å². The molecule has 0 saturated heterocycles. The van der Waals surface area contributed by atoms with Crippen molar-refractivity contribution >= 4 is 5.91 Å². The maximum Gasteiger partial charge on any atom is 0.234 e. The number of ether oxygens (including phenoxy) is 1. The van der Waals surface area contributed by atoms with Crippen molar-refractivity contribution in [1.29, 1.82) is 0 Å². The molecule has 1 amide bonds. The normalized spacial score (nSPS) is 16.7. The maximum atomic E-state index is 11.5. The number of nitrogens with one attached hydrogen (secondary N) is 2. The first-order valence-electron chi connectivity index (χ1n) is 6.39. The predicted molar refractivity (Wildman–Crippen MR) is 68.9 cm³/mol. The Kier molecular flexibility index (Phi) is 6.89. The Morgan fingerprint density at radius 1 is 1.59 bits per heavy atom.